The largest absolute Gasteiger partial charge is 0.325 e. The van der Waals surface area contributed by atoms with Gasteiger partial charge in [-0.15, -0.1) is 11.3 Å². The molecular weight excluding hydrogens is 288 g/mol. The van der Waals surface area contributed by atoms with Crippen molar-refractivity contribution in [3.8, 4) is 0 Å². The third kappa shape index (κ3) is 3.03. The average molecular weight is 302 g/mol. The van der Waals surface area contributed by atoms with Crippen LogP contribution < -0.4 is 10.2 Å². The minimum absolute atomic E-state index is 0.0434. The second-order valence-electron chi connectivity index (χ2n) is 4.58. The Balaban J connectivity index is 1.60. The van der Waals surface area contributed by atoms with Crippen LogP contribution in [0.4, 0.5) is 15.6 Å². The average Bonchev–Trinajstić information content (AvgIpc) is 3.11. The summed E-state index contributed by atoms with van der Waals surface area (Å²) in [5.74, 6) is -0.229. The van der Waals surface area contributed by atoms with Gasteiger partial charge in [0.1, 0.15) is 6.54 Å². The topological polar surface area (TPSA) is 65.5 Å². The predicted molar refractivity (Wildman–Crippen MR) is 81.5 cm³/mol. The molecular formula is C14H14N4O2S. The van der Waals surface area contributed by atoms with Gasteiger partial charge in [-0.3, -0.25) is 9.69 Å². The molecule has 0 unspecified atom stereocenters. The number of nitrogens with one attached hydrogen (secondary N) is 1. The van der Waals surface area contributed by atoms with Gasteiger partial charge in [-0.2, -0.15) is 0 Å². The van der Waals surface area contributed by atoms with E-state index < -0.39 is 0 Å². The molecule has 2 heterocycles. The Morgan fingerprint density at radius 2 is 2.10 bits per heavy atom. The predicted octanol–water partition coefficient (Wildman–Crippen LogP) is 2.02. The monoisotopic (exact) mass is 302 g/mol. The van der Waals surface area contributed by atoms with E-state index in [1.165, 1.54) is 16.2 Å². The Morgan fingerprint density at radius 3 is 2.81 bits per heavy atom. The molecule has 1 aromatic carbocycles. The number of urea groups is 1. The number of aromatic nitrogens is 1. The molecule has 3 amide bonds. The highest BCUT2D eigenvalue weighted by atomic mass is 32.1. The van der Waals surface area contributed by atoms with Gasteiger partial charge < -0.3 is 10.2 Å². The van der Waals surface area contributed by atoms with Crippen molar-refractivity contribution in [3.63, 3.8) is 0 Å². The van der Waals surface area contributed by atoms with Crippen molar-refractivity contribution in [3.05, 3.63) is 41.9 Å². The summed E-state index contributed by atoms with van der Waals surface area (Å²) in [5, 5.41) is 5.01. The van der Waals surface area contributed by atoms with Crippen LogP contribution in [0.15, 0.2) is 41.9 Å². The van der Waals surface area contributed by atoms with Crippen LogP contribution in [0.2, 0.25) is 0 Å². The Hall–Kier alpha value is -2.41. The van der Waals surface area contributed by atoms with Gasteiger partial charge in [0.15, 0.2) is 5.13 Å². The van der Waals surface area contributed by atoms with E-state index in [2.05, 4.69) is 10.3 Å². The van der Waals surface area contributed by atoms with Gasteiger partial charge in [-0.25, -0.2) is 9.78 Å². The second kappa shape index (κ2) is 5.92. The molecule has 0 aliphatic carbocycles. The number of carbonyl (C=O) groups is 2. The Bertz CT molecular complexity index is 630. The standard InChI is InChI=1S/C14H14N4O2S/c19-12(16-13-15-6-9-21-13)10-17-7-8-18(14(17)20)11-4-2-1-3-5-11/h1-6,9H,7-8,10H2,(H,15,16,19). The van der Waals surface area contributed by atoms with Crippen molar-refractivity contribution < 1.29 is 9.59 Å². The van der Waals surface area contributed by atoms with E-state index in [1.807, 2.05) is 30.3 Å². The molecule has 1 aliphatic rings. The summed E-state index contributed by atoms with van der Waals surface area (Å²) in [6.45, 7) is 1.17. The zero-order valence-electron chi connectivity index (χ0n) is 11.2. The van der Waals surface area contributed by atoms with Crippen LogP contribution >= 0.6 is 11.3 Å². The molecule has 0 bridgehead atoms. The molecule has 7 heteroatoms. The van der Waals surface area contributed by atoms with Crippen LogP contribution in [-0.4, -0.2) is 41.5 Å². The molecule has 0 atom stereocenters. The maximum Gasteiger partial charge on any atom is 0.325 e. The number of hydrogen-bond acceptors (Lipinski definition) is 4. The van der Waals surface area contributed by atoms with Gasteiger partial charge >= 0.3 is 6.03 Å². The molecule has 1 N–H and O–H groups in total. The van der Waals surface area contributed by atoms with Crippen LogP contribution in [0, 0.1) is 0 Å². The molecule has 0 saturated carbocycles. The molecule has 108 valence electrons. The lowest BCUT2D eigenvalue weighted by Crippen LogP contribution is -2.37. The fourth-order valence-electron chi connectivity index (χ4n) is 2.19. The molecule has 6 nitrogen and oxygen atoms in total. The number of para-hydroxylation sites is 1. The van der Waals surface area contributed by atoms with Crippen molar-refractivity contribution in [2.75, 3.05) is 29.9 Å². The molecule has 3 rings (SSSR count). The van der Waals surface area contributed by atoms with Crippen LogP contribution in [0.1, 0.15) is 0 Å². The minimum atomic E-state index is -0.229. The number of benzene rings is 1. The molecule has 0 spiro atoms. The SMILES string of the molecule is O=C(CN1CCN(c2ccccc2)C1=O)Nc1nccs1. The first kappa shape index (κ1) is 13.6. The Kier molecular flexibility index (Phi) is 3.83. The van der Waals surface area contributed by atoms with Gasteiger partial charge in [-0.05, 0) is 12.1 Å². The second-order valence-corrected chi connectivity index (χ2v) is 5.47. The number of nitrogens with zero attached hydrogens (tertiary/aromatic N) is 3. The first-order valence-electron chi connectivity index (χ1n) is 6.55. The summed E-state index contributed by atoms with van der Waals surface area (Å²) in [5.41, 5.74) is 0.852. The van der Waals surface area contributed by atoms with E-state index in [0.717, 1.165) is 5.69 Å². The van der Waals surface area contributed by atoms with Gasteiger partial charge in [0, 0.05) is 30.4 Å². The van der Waals surface area contributed by atoms with Crippen molar-refractivity contribution >= 4 is 34.1 Å². The van der Waals surface area contributed by atoms with Gasteiger partial charge in [0.25, 0.3) is 0 Å². The quantitative estimate of drug-likeness (QED) is 0.939. The maximum atomic E-state index is 12.3. The molecule has 1 aliphatic heterocycles. The van der Waals surface area contributed by atoms with E-state index in [0.29, 0.717) is 18.2 Å². The third-order valence-corrected chi connectivity index (χ3v) is 3.86. The minimum Gasteiger partial charge on any atom is -0.313 e. The third-order valence-electron chi connectivity index (χ3n) is 3.18. The van der Waals surface area contributed by atoms with E-state index >= 15 is 0 Å². The first-order chi connectivity index (χ1) is 10.2. The van der Waals surface area contributed by atoms with Gasteiger partial charge in [0.05, 0.1) is 0 Å². The number of carbonyl (C=O) groups excluding carboxylic acids is 2. The maximum absolute atomic E-state index is 12.3. The normalized spacial score (nSPS) is 14.6. The van der Waals surface area contributed by atoms with Crippen molar-refractivity contribution in [1.82, 2.24) is 9.88 Å². The van der Waals surface area contributed by atoms with E-state index in [-0.39, 0.29) is 18.5 Å². The van der Waals surface area contributed by atoms with Crippen molar-refractivity contribution in [2.45, 2.75) is 0 Å². The number of hydrogen-bond donors (Lipinski definition) is 1. The van der Waals surface area contributed by atoms with Crippen LogP contribution in [0.25, 0.3) is 0 Å². The lowest BCUT2D eigenvalue weighted by Gasteiger charge is -2.18. The van der Waals surface area contributed by atoms with Crippen LogP contribution in [0.3, 0.4) is 0 Å². The Morgan fingerprint density at radius 1 is 1.29 bits per heavy atom. The highest BCUT2D eigenvalue weighted by Crippen LogP contribution is 2.19. The first-order valence-corrected chi connectivity index (χ1v) is 7.43. The molecule has 2 aromatic rings. The fraction of sp³-hybridized carbons (Fsp3) is 0.214. The Labute approximate surface area is 126 Å². The molecule has 0 radical (unpaired) electrons. The zero-order chi connectivity index (χ0) is 14.7. The fourth-order valence-corrected chi connectivity index (χ4v) is 2.74. The van der Waals surface area contributed by atoms with Gasteiger partial charge in [0.2, 0.25) is 5.91 Å². The van der Waals surface area contributed by atoms with E-state index in [9.17, 15) is 9.59 Å². The number of anilines is 2. The number of rotatable bonds is 4. The summed E-state index contributed by atoms with van der Waals surface area (Å²) in [6.07, 6.45) is 1.62. The molecule has 1 fully saturated rings. The lowest BCUT2D eigenvalue weighted by atomic mass is 10.3. The smallest absolute Gasteiger partial charge is 0.313 e. The van der Waals surface area contributed by atoms with Crippen molar-refractivity contribution in [2.24, 2.45) is 0 Å². The van der Waals surface area contributed by atoms with E-state index in [1.54, 1.807) is 16.5 Å². The summed E-state index contributed by atoms with van der Waals surface area (Å²) in [6, 6.07) is 9.31. The summed E-state index contributed by atoms with van der Waals surface area (Å²) >= 11 is 1.35. The molecule has 1 aromatic heterocycles. The van der Waals surface area contributed by atoms with Crippen LogP contribution in [-0.2, 0) is 4.79 Å². The summed E-state index contributed by atoms with van der Waals surface area (Å²) in [7, 11) is 0. The van der Waals surface area contributed by atoms with Crippen molar-refractivity contribution in [1.29, 1.82) is 0 Å². The number of amides is 3. The van der Waals surface area contributed by atoms with E-state index in [4.69, 9.17) is 0 Å². The molecule has 21 heavy (non-hydrogen) atoms. The zero-order valence-corrected chi connectivity index (χ0v) is 12.0. The lowest BCUT2D eigenvalue weighted by molar-refractivity contribution is -0.116. The molecule has 1 saturated heterocycles. The number of thiazole rings is 1. The van der Waals surface area contributed by atoms with Gasteiger partial charge in [-0.1, -0.05) is 18.2 Å². The van der Waals surface area contributed by atoms with Crippen LogP contribution in [0.5, 0.6) is 0 Å². The highest BCUT2D eigenvalue weighted by molar-refractivity contribution is 7.13. The summed E-state index contributed by atoms with van der Waals surface area (Å²) in [4.78, 5) is 31.4. The highest BCUT2D eigenvalue weighted by Gasteiger charge is 2.30. The summed E-state index contributed by atoms with van der Waals surface area (Å²) < 4.78 is 0.